The summed E-state index contributed by atoms with van der Waals surface area (Å²) in [5, 5.41) is 18.2. The monoisotopic (exact) mass is 280 g/mol. The van der Waals surface area contributed by atoms with Crippen LogP contribution in [0.2, 0.25) is 5.02 Å². The first-order chi connectivity index (χ1) is 9.09. The van der Waals surface area contributed by atoms with Crippen molar-refractivity contribution in [3.05, 3.63) is 58.9 Å². The van der Waals surface area contributed by atoms with Crippen molar-refractivity contribution in [2.24, 2.45) is 0 Å². The molecule has 0 unspecified atom stereocenters. The van der Waals surface area contributed by atoms with Crippen LogP contribution in [0.3, 0.4) is 0 Å². The zero-order chi connectivity index (χ0) is 13.8. The van der Waals surface area contributed by atoms with Crippen LogP contribution in [0.25, 0.3) is 0 Å². The van der Waals surface area contributed by atoms with E-state index in [2.05, 4.69) is 0 Å². The van der Waals surface area contributed by atoms with Crippen LogP contribution in [0.5, 0.6) is 5.75 Å². The third kappa shape index (κ3) is 3.26. The maximum atomic E-state index is 13.8. The number of halogens is 2. The van der Waals surface area contributed by atoms with E-state index < -0.39 is 12.9 Å². The quantitative estimate of drug-likeness (QED) is 0.839. The molecule has 19 heavy (non-hydrogen) atoms. The summed E-state index contributed by atoms with van der Waals surface area (Å²) in [5.41, 5.74) is 0.776. The highest BCUT2D eigenvalue weighted by Gasteiger charge is 2.22. The molecule has 0 spiro atoms. The normalized spacial score (nSPS) is 10.3. The molecule has 0 bridgehead atoms. The van der Waals surface area contributed by atoms with Crippen LogP contribution in [-0.4, -0.2) is 17.2 Å². The van der Waals surface area contributed by atoms with Gasteiger partial charge in [0.2, 0.25) is 0 Å². The molecule has 0 atom stereocenters. The number of benzene rings is 2. The lowest BCUT2D eigenvalue weighted by Gasteiger charge is -2.13. The van der Waals surface area contributed by atoms with Gasteiger partial charge in [0.15, 0.2) is 11.6 Å². The fourth-order valence-corrected chi connectivity index (χ4v) is 1.78. The topological polar surface area (TPSA) is 49.7 Å². The molecule has 6 heteroatoms. The first kappa shape index (κ1) is 13.9. The molecule has 0 amide bonds. The Kier molecular flexibility index (Phi) is 4.42. The summed E-state index contributed by atoms with van der Waals surface area (Å²) in [7, 11) is -1.82. The van der Waals surface area contributed by atoms with Crippen LogP contribution < -0.4 is 10.2 Å². The van der Waals surface area contributed by atoms with Crippen molar-refractivity contribution in [3.8, 4) is 5.75 Å². The fourth-order valence-electron chi connectivity index (χ4n) is 1.63. The second kappa shape index (κ2) is 6.06. The van der Waals surface area contributed by atoms with Gasteiger partial charge in [0, 0.05) is 5.46 Å². The summed E-state index contributed by atoms with van der Waals surface area (Å²) in [4.78, 5) is 0. The summed E-state index contributed by atoms with van der Waals surface area (Å²) in [6.07, 6.45) is 0. The molecule has 0 saturated heterocycles. The third-order valence-electron chi connectivity index (χ3n) is 2.58. The predicted molar refractivity (Wildman–Crippen MR) is 72.0 cm³/mol. The third-order valence-corrected chi connectivity index (χ3v) is 2.88. The lowest BCUT2D eigenvalue weighted by atomic mass is 9.79. The van der Waals surface area contributed by atoms with Crippen LogP contribution >= 0.6 is 11.6 Å². The molecule has 2 N–H and O–H groups in total. The van der Waals surface area contributed by atoms with Gasteiger partial charge in [-0.3, -0.25) is 0 Å². The van der Waals surface area contributed by atoms with Gasteiger partial charge in [-0.05, 0) is 11.6 Å². The van der Waals surface area contributed by atoms with Crippen LogP contribution in [0.1, 0.15) is 5.56 Å². The van der Waals surface area contributed by atoms with E-state index in [0.29, 0.717) is 0 Å². The summed E-state index contributed by atoms with van der Waals surface area (Å²) in [6.45, 7) is 0.109. The smallest absolute Gasteiger partial charge is 0.486 e. The SMILES string of the molecule is OB(O)c1ccc(Cl)c(F)c1OCc1ccccc1. The Morgan fingerprint density at radius 1 is 1.11 bits per heavy atom. The molecule has 2 aromatic rings. The van der Waals surface area contributed by atoms with E-state index >= 15 is 0 Å². The van der Waals surface area contributed by atoms with Crippen molar-refractivity contribution in [1.29, 1.82) is 0 Å². The fraction of sp³-hybridized carbons (Fsp3) is 0.0769. The van der Waals surface area contributed by atoms with Gasteiger partial charge in [-0.15, -0.1) is 0 Å². The summed E-state index contributed by atoms with van der Waals surface area (Å²) in [6, 6.07) is 11.7. The Balaban J connectivity index is 2.26. The van der Waals surface area contributed by atoms with E-state index in [1.165, 1.54) is 12.1 Å². The van der Waals surface area contributed by atoms with Gasteiger partial charge in [0.25, 0.3) is 0 Å². The molecule has 3 nitrogen and oxygen atoms in total. The van der Waals surface area contributed by atoms with E-state index in [9.17, 15) is 14.4 Å². The maximum Gasteiger partial charge on any atom is 0.492 e. The van der Waals surface area contributed by atoms with Crippen LogP contribution in [0.15, 0.2) is 42.5 Å². The molecule has 0 aromatic heterocycles. The summed E-state index contributed by atoms with van der Waals surface area (Å²) in [5.74, 6) is -1.05. The second-order valence-electron chi connectivity index (χ2n) is 3.93. The van der Waals surface area contributed by atoms with Gasteiger partial charge >= 0.3 is 7.12 Å². The van der Waals surface area contributed by atoms with Crippen molar-refractivity contribution < 1.29 is 19.2 Å². The zero-order valence-electron chi connectivity index (χ0n) is 9.88. The minimum absolute atomic E-state index is 0.0576. The molecule has 0 saturated carbocycles. The zero-order valence-corrected chi connectivity index (χ0v) is 10.6. The minimum Gasteiger partial charge on any atom is -0.486 e. The molecule has 2 aromatic carbocycles. The lowest BCUT2D eigenvalue weighted by Crippen LogP contribution is -2.32. The van der Waals surface area contributed by atoms with Crippen molar-refractivity contribution in [2.75, 3.05) is 0 Å². The van der Waals surface area contributed by atoms with Crippen molar-refractivity contribution in [3.63, 3.8) is 0 Å². The Hall–Kier alpha value is -1.56. The van der Waals surface area contributed by atoms with Crippen LogP contribution in [0, 0.1) is 5.82 Å². The second-order valence-corrected chi connectivity index (χ2v) is 4.33. The molecular formula is C13H11BClFO3. The Morgan fingerprint density at radius 2 is 1.79 bits per heavy atom. The molecule has 0 radical (unpaired) electrons. The Morgan fingerprint density at radius 3 is 2.42 bits per heavy atom. The number of hydrogen-bond donors (Lipinski definition) is 2. The predicted octanol–water partition coefficient (Wildman–Crippen LogP) is 1.74. The van der Waals surface area contributed by atoms with Gasteiger partial charge < -0.3 is 14.8 Å². The molecule has 98 valence electrons. The van der Waals surface area contributed by atoms with Gasteiger partial charge in [-0.25, -0.2) is 4.39 Å². The highest BCUT2D eigenvalue weighted by molar-refractivity contribution is 6.59. The molecule has 2 rings (SSSR count). The van der Waals surface area contributed by atoms with Gasteiger partial charge in [-0.1, -0.05) is 48.0 Å². The number of hydrogen-bond acceptors (Lipinski definition) is 3. The first-order valence-electron chi connectivity index (χ1n) is 5.60. The molecule has 0 fully saturated rings. The van der Waals surface area contributed by atoms with E-state index in [1.807, 2.05) is 30.3 Å². The van der Waals surface area contributed by atoms with Crippen LogP contribution in [-0.2, 0) is 6.61 Å². The van der Waals surface area contributed by atoms with E-state index in [-0.39, 0.29) is 22.8 Å². The molecule has 0 aliphatic rings. The Labute approximate surface area is 115 Å². The lowest BCUT2D eigenvalue weighted by molar-refractivity contribution is 0.291. The molecule has 0 aliphatic heterocycles. The summed E-state index contributed by atoms with van der Waals surface area (Å²) >= 11 is 5.65. The molecule has 0 aliphatic carbocycles. The van der Waals surface area contributed by atoms with E-state index in [4.69, 9.17) is 16.3 Å². The standard InChI is InChI=1S/C13H11BClFO3/c15-11-7-6-10(14(17)18)13(12(11)16)19-8-9-4-2-1-3-5-9/h1-7,17-18H,8H2. The number of ether oxygens (including phenoxy) is 1. The average molecular weight is 280 g/mol. The highest BCUT2D eigenvalue weighted by atomic mass is 35.5. The highest BCUT2D eigenvalue weighted by Crippen LogP contribution is 2.23. The van der Waals surface area contributed by atoms with Crippen molar-refractivity contribution >= 4 is 24.2 Å². The van der Waals surface area contributed by atoms with Crippen LogP contribution in [0.4, 0.5) is 4.39 Å². The van der Waals surface area contributed by atoms with Gasteiger partial charge in [0.05, 0.1) is 5.02 Å². The minimum atomic E-state index is -1.82. The van der Waals surface area contributed by atoms with Crippen molar-refractivity contribution in [2.45, 2.75) is 6.61 Å². The van der Waals surface area contributed by atoms with E-state index in [0.717, 1.165) is 5.56 Å². The molecule has 0 heterocycles. The van der Waals surface area contributed by atoms with E-state index in [1.54, 1.807) is 0 Å². The van der Waals surface area contributed by atoms with Crippen molar-refractivity contribution in [1.82, 2.24) is 0 Å². The number of rotatable bonds is 4. The molecular weight excluding hydrogens is 269 g/mol. The van der Waals surface area contributed by atoms with Gasteiger partial charge in [0.1, 0.15) is 6.61 Å². The largest absolute Gasteiger partial charge is 0.492 e. The first-order valence-corrected chi connectivity index (χ1v) is 5.98. The average Bonchev–Trinajstić information content (AvgIpc) is 2.41. The Bertz CT molecular complexity index is 563. The maximum absolute atomic E-state index is 13.8. The summed E-state index contributed by atoms with van der Waals surface area (Å²) < 4.78 is 19.2. The van der Waals surface area contributed by atoms with Gasteiger partial charge in [-0.2, -0.15) is 0 Å².